The highest BCUT2D eigenvalue weighted by atomic mass is 16.3. The van der Waals surface area contributed by atoms with Crippen LogP contribution in [0.1, 0.15) is 46.5 Å². The lowest BCUT2D eigenvalue weighted by molar-refractivity contribution is 0.0305. The Balaban J connectivity index is 2.28. The van der Waals surface area contributed by atoms with Gasteiger partial charge in [-0.2, -0.15) is 0 Å². The number of hydrogen-bond acceptors (Lipinski definition) is 3. The van der Waals surface area contributed by atoms with Crippen LogP contribution in [0.5, 0.6) is 0 Å². The molecule has 0 spiro atoms. The molecule has 0 heterocycles. The molecule has 1 rings (SSSR count). The van der Waals surface area contributed by atoms with E-state index in [0.29, 0.717) is 12.5 Å². The summed E-state index contributed by atoms with van der Waals surface area (Å²) in [6.45, 7) is 6.66. The zero-order valence-electron chi connectivity index (χ0n) is 10.2. The Morgan fingerprint density at radius 1 is 1.40 bits per heavy atom. The molecule has 1 unspecified atom stereocenters. The molecule has 0 bridgehead atoms. The molecule has 3 heteroatoms. The van der Waals surface area contributed by atoms with Crippen molar-refractivity contribution in [3.05, 3.63) is 0 Å². The Morgan fingerprint density at radius 2 is 2.07 bits per heavy atom. The van der Waals surface area contributed by atoms with E-state index in [2.05, 4.69) is 19.2 Å². The van der Waals surface area contributed by atoms with Gasteiger partial charge in [0, 0.05) is 12.6 Å². The zero-order valence-corrected chi connectivity index (χ0v) is 10.2. The number of aliphatic hydroxyl groups excluding tert-OH is 1. The van der Waals surface area contributed by atoms with Gasteiger partial charge in [-0.05, 0) is 38.5 Å². The van der Waals surface area contributed by atoms with Crippen molar-refractivity contribution in [1.82, 2.24) is 5.32 Å². The lowest BCUT2D eigenvalue weighted by Crippen LogP contribution is -2.45. The number of aliphatic hydroxyl groups is 2. The molecule has 0 amide bonds. The van der Waals surface area contributed by atoms with Crippen molar-refractivity contribution in [3.63, 3.8) is 0 Å². The third-order valence-corrected chi connectivity index (χ3v) is 3.07. The first-order chi connectivity index (χ1) is 6.91. The van der Waals surface area contributed by atoms with Gasteiger partial charge in [-0.15, -0.1) is 0 Å². The highest BCUT2D eigenvalue weighted by molar-refractivity contribution is 4.86. The normalized spacial score (nSPS) is 30.8. The van der Waals surface area contributed by atoms with E-state index < -0.39 is 5.60 Å². The summed E-state index contributed by atoms with van der Waals surface area (Å²) in [5.41, 5.74) is -0.656. The first kappa shape index (κ1) is 12.9. The lowest BCUT2D eigenvalue weighted by atomic mass is 9.94. The fourth-order valence-electron chi connectivity index (χ4n) is 2.48. The van der Waals surface area contributed by atoms with Crippen LogP contribution in [-0.4, -0.2) is 34.5 Å². The van der Waals surface area contributed by atoms with E-state index in [9.17, 15) is 10.2 Å². The molecule has 15 heavy (non-hydrogen) atoms. The highest BCUT2D eigenvalue weighted by Gasteiger charge is 2.28. The van der Waals surface area contributed by atoms with Crippen LogP contribution < -0.4 is 5.32 Å². The molecule has 90 valence electrons. The van der Waals surface area contributed by atoms with Crippen LogP contribution in [-0.2, 0) is 0 Å². The summed E-state index contributed by atoms with van der Waals surface area (Å²) in [4.78, 5) is 0. The maximum Gasteiger partial charge on any atom is 0.0746 e. The lowest BCUT2D eigenvalue weighted by Gasteiger charge is -2.28. The number of rotatable bonds is 5. The predicted octanol–water partition coefficient (Wildman–Crippen LogP) is 1.29. The van der Waals surface area contributed by atoms with Crippen molar-refractivity contribution in [3.8, 4) is 0 Å². The number of hydrogen-bond donors (Lipinski definition) is 3. The van der Waals surface area contributed by atoms with E-state index in [1.807, 2.05) is 6.92 Å². The third kappa shape index (κ3) is 4.49. The quantitative estimate of drug-likeness (QED) is 0.647. The van der Waals surface area contributed by atoms with E-state index in [0.717, 1.165) is 25.7 Å². The van der Waals surface area contributed by atoms with Gasteiger partial charge >= 0.3 is 0 Å². The topological polar surface area (TPSA) is 52.5 Å². The van der Waals surface area contributed by atoms with Gasteiger partial charge in [0.2, 0.25) is 0 Å². The Hall–Kier alpha value is -0.120. The van der Waals surface area contributed by atoms with Crippen LogP contribution >= 0.6 is 0 Å². The summed E-state index contributed by atoms with van der Waals surface area (Å²) in [6, 6.07) is 0.184. The largest absolute Gasteiger partial charge is 0.392 e. The molecule has 0 aromatic heterocycles. The van der Waals surface area contributed by atoms with E-state index in [-0.39, 0.29) is 12.1 Å². The average Bonchev–Trinajstić information content (AvgIpc) is 2.45. The number of nitrogens with one attached hydrogen (secondary N) is 1. The second kappa shape index (κ2) is 5.28. The second-order valence-corrected chi connectivity index (χ2v) is 5.58. The molecule has 1 aliphatic carbocycles. The SMILES string of the molecule is CC(C)CC(C)(O)CN[C@@H]1CCC[C@H]1O. The Bertz CT molecular complexity index is 192. The van der Waals surface area contributed by atoms with Crippen molar-refractivity contribution in [1.29, 1.82) is 0 Å². The molecule has 1 saturated carbocycles. The van der Waals surface area contributed by atoms with Crippen molar-refractivity contribution in [2.24, 2.45) is 5.92 Å². The minimum atomic E-state index is -0.656. The fraction of sp³-hybridized carbons (Fsp3) is 1.00. The van der Waals surface area contributed by atoms with Crippen LogP contribution in [0.25, 0.3) is 0 Å². The van der Waals surface area contributed by atoms with Crippen molar-refractivity contribution in [2.75, 3.05) is 6.54 Å². The van der Waals surface area contributed by atoms with Gasteiger partial charge in [0.05, 0.1) is 11.7 Å². The Labute approximate surface area is 92.9 Å². The average molecular weight is 215 g/mol. The van der Waals surface area contributed by atoms with Gasteiger partial charge in [-0.1, -0.05) is 13.8 Å². The van der Waals surface area contributed by atoms with E-state index in [1.54, 1.807) is 0 Å². The second-order valence-electron chi connectivity index (χ2n) is 5.58. The molecule has 0 aromatic carbocycles. The van der Waals surface area contributed by atoms with E-state index in [1.165, 1.54) is 0 Å². The van der Waals surface area contributed by atoms with Gasteiger partial charge in [0.25, 0.3) is 0 Å². The summed E-state index contributed by atoms with van der Waals surface area (Å²) in [7, 11) is 0. The summed E-state index contributed by atoms with van der Waals surface area (Å²) >= 11 is 0. The Kier molecular flexibility index (Phi) is 4.56. The molecule has 3 N–H and O–H groups in total. The maximum atomic E-state index is 10.1. The molecule has 0 radical (unpaired) electrons. The molecule has 0 aliphatic heterocycles. The van der Waals surface area contributed by atoms with Gasteiger partial charge < -0.3 is 15.5 Å². The van der Waals surface area contributed by atoms with Crippen LogP contribution in [0.4, 0.5) is 0 Å². The molecule has 1 aliphatic rings. The van der Waals surface area contributed by atoms with Crippen LogP contribution in [0.2, 0.25) is 0 Å². The molecular weight excluding hydrogens is 190 g/mol. The summed E-state index contributed by atoms with van der Waals surface area (Å²) in [6.07, 6.45) is 3.58. The van der Waals surface area contributed by atoms with E-state index in [4.69, 9.17) is 0 Å². The Morgan fingerprint density at radius 3 is 2.53 bits per heavy atom. The smallest absolute Gasteiger partial charge is 0.0746 e. The van der Waals surface area contributed by atoms with Gasteiger partial charge in [-0.3, -0.25) is 0 Å². The fourth-order valence-corrected chi connectivity index (χ4v) is 2.48. The van der Waals surface area contributed by atoms with Crippen molar-refractivity contribution in [2.45, 2.75) is 64.2 Å². The molecule has 1 fully saturated rings. The molecule has 0 saturated heterocycles. The van der Waals surface area contributed by atoms with Crippen molar-refractivity contribution < 1.29 is 10.2 Å². The first-order valence-corrected chi connectivity index (χ1v) is 6.04. The van der Waals surface area contributed by atoms with Gasteiger partial charge in [0.15, 0.2) is 0 Å². The highest BCUT2D eigenvalue weighted by Crippen LogP contribution is 2.20. The summed E-state index contributed by atoms with van der Waals surface area (Å²) < 4.78 is 0. The molecular formula is C12H25NO2. The minimum Gasteiger partial charge on any atom is -0.392 e. The summed E-state index contributed by atoms with van der Waals surface area (Å²) in [5, 5.41) is 23.0. The van der Waals surface area contributed by atoms with Gasteiger partial charge in [0.1, 0.15) is 0 Å². The minimum absolute atomic E-state index is 0.184. The predicted molar refractivity (Wildman–Crippen MR) is 61.7 cm³/mol. The third-order valence-electron chi connectivity index (χ3n) is 3.07. The maximum absolute atomic E-state index is 10.1. The molecule has 0 aromatic rings. The van der Waals surface area contributed by atoms with Crippen LogP contribution in [0.15, 0.2) is 0 Å². The zero-order chi connectivity index (χ0) is 11.5. The molecule has 3 atom stereocenters. The van der Waals surface area contributed by atoms with Crippen LogP contribution in [0, 0.1) is 5.92 Å². The summed E-state index contributed by atoms with van der Waals surface area (Å²) in [5.74, 6) is 0.496. The first-order valence-electron chi connectivity index (χ1n) is 6.04. The monoisotopic (exact) mass is 215 g/mol. The van der Waals surface area contributed by atoms with Crippen molar-refractivity contribution >= 4 is 0 Å². The van der Waals surface area contributed by atoms with E-state index >= 15 is 0 Å². The van der Waals surface area contributed by atoms with Crippen LogP contribution in [0.3, 0.4) is 0 Å². The standard InChI is InChI=1S/C12H25NO2/c1-9(2)7-12(3,15)8-13-10-5-4-6-11(10)14/h9-11,13-15H,4-8H2,1-3H3/t10-,11-,12?/m1/s1. The van der Waals surface area contributed by atoms with Gasteiger partial charge in [-0.25, -0.2) is 0 Å². The molecule has 3 nitrogen and oxygen atoms in total.